The second-order valence-electron chi connectivity index (χ2n) is 5.16. The van der Waals surface area contributed by atoms with E-state index in [0.717, 1.165) is 19.3 Å². The fourth-order valence-electron chi connectivity index (χ4n) is 2.33. The lowest BCUT2D eigenvalue weighted by Gasteiger charge is -2.16. The minimum absolute atomic E-state index is 0.512. The van der Waals surface area contributed by atoms with Gasteiger partial charge in [0.25, 0.3) is 0 Å². The van der Waals surface area contributed by atoms with Gasteiger partial charge in [0.05, 0.1) is 0 Å². The highest BCUT2D eigenvalue weighted by Crippen LogP contribution is 2.10. The van der Waals surface area contributed by atoms with E-state index in [4.69, 9.17) is 0 Å². The van der Waals surface area contributed by atoms with Crippen molar-refractivity contribution >= 4 is 0 Å². The molecule has 1 N–H and O–H groups in total. The Bertz CT molecular complexity index is 499. The summed E-state index contributed by atoms with van der Waals surface area (Å²) in [6.07, 6.45) is 5.14. The third-order valence-corrected chi connectivity index (χ3v) is 3.68. The molecule has 2 aromatic rings. The Morgan fingerprint density at radius 3 is 2.53 bits per heavy atom. The van der Waals surface area contributed by atoms with Gasteiger partial charge in [-0.3, -0.25) is 4.68 Å². The number of nitrogens with one attached hydrogen (secondary N) is 1. The molecule has 1 unspecified atom stereocenters. The van der Waals surface area contributed by atoms with Gasteiger partial charge in [-0.1, -0.05) is 29.8 Å². The summed E-state index contributed by atoms with van der Waals surface area (Å²) in [5.74, 6) is 0. The number of hydrogen-bond acceptors (Lipinski definition) is 2. The Morgan fingerprint density at radius 2 is 1.95 bits per heavy atom. The molecule has 2 rings (SSSR count). The van der Waals surface area contributed by atoms with Crippen molar-refractivity contribution in [2.24, 2.45) is 7.05 Å². The molecule has 1 aromatic carbocycles. The second-order valence-corrected chi connectivity index (χ2v) is 5.16. The summed E-state index contributed by atoms with van der Waals surface area (Å²) >= 11 is 0. The van der Waals surface area contributed by atoms with Crippen molar-refractivity contribution in [2.75, 3.05) is 7.05 Å². The summed E-state index contributed by atoms with van der Waals surface area (Å²) in [6, 6.07) is 11.4. The van der Waals surface area contributed by atoms with Crippen LogP contribution in [0.1, 0.15) is 23.2 Å². The second kappa shape index (κ2) is 6.53. The van der Waals surface area contributed by atoms with E-state index in [1.807, 2.05) is 25.0 Å². The molecule has 1 heterocycles. The Labute approximate surface area is 115 Å². The van der Waals surface area contributed by atoms with Crippen LogP contribution >= 0.6 is 0 Å². The van der Waals surface area contributed by atoms with E-state index in [2.05, 4.69) is 47.7 Å². The molecular weight excluding hydrogens is 234 g/mol. The number of benzene rings is 1. The minimum Gasteiger partial charge on any atom is -0.317 e. The van der Waals surface area contributed by atoms with Gasteiger partial charge in [-0.2, -0.15) is 5.10 Å². The number of likely N-dealkylation sites (N-methyl/N-ethyl adjacent to an activating group) is 1. The lowest BCUT2D eigenvalue weighted by molar-refractivity contribution is 0.510. The lowest BCUT2D eigenvalue weighted by atomic mass is 10.0. The summed E-state index contributed by atoms with van der Waals surface area (Å²) in [5, 5.41) is 7.63. The summed E-state index contributed by atoms with van der Waals surface area (Å²) in [4.78, 5) is 0. The molecule has 0 aliphatic rings. The molecule has 102 valence electrons. The van der Waals surface area contributed by atoms with Gasteiger partial charge in [-0.15, -0.1) is 0 Å². The zero-order chi connectivity index (χ0) is 13.7. The van der Waals surface area contributed by atoms with Crippen molar-refractivity contribution in [1.29, 1.82) is 0 Å². The highest BCUT2D eigenvalue weighted by molar-refractivity contribution is 5.22. The largest absolute Gasteiger partial charge is 0.317 e. The fourth-order valence-corrected chi connectivity index (χ4v) is 2.33. The van der Waals surface area contributed by atoms with Crippen LogP contribution in [-0.2, 0) is 19.9 Å². The Hall–Kier alpha value is -1.61. The number of rotatable bonds is 6. The van der Waals surface area contributed by atoms with Crippen LogP contribution < -0.4 is 5.32 Å². The quantitative estimate of drug-likeness (QED) is 0.861. The van der Waals surface area contributed by atoms with Gasteiger partial charge in [0.15, 0.2) is 0 Å². The minimum atomic E-state index is 0.512. The Kier molecular flexibility index (Phi) is 4.74. The van der Waals surface area contributed by atoms with Crippen LogP contribution in [0, 0.1) is 6.92 Å². The van der Waals surface area contributed by atoms with Crippen molar-refractivity contribution in [2.45, 2.75) is 32.2 Å². The first-order valence-electron chi connectivity index (χ1n) is 6.88. The number of hydrogen-bond donors (Lipinski definition) is 1. The summed E-state index contributed by atoms with van der Waals surface area (Å²) < 4.78 is 1.96. The molecule has 0 bridgehead atoms. The fraction of sp³-hybridized carbons (Fsp3) is 0.438. The first-order valence-corrected chi connectivity index (χ1v) is 6.88. The lowest BCUT2D eigenvalue weighted by Crippen LogP contribution is -2.28. The van der Waals surface area contributed by atoms with E-state index in [9.17, 15) is 0 Å². The molecule has 0 saturated heterocycles. The molecule has 0 aliphatic carbocycles. The highest BCUT2D eigenvalue weighted by atomic mass is 15.2. The molecule has 3 heteroatoms. The summed E-state index contributed by atoms with van der Waals surface area (Å²) in [7, 11) is 4.05. The molecular formula is C16H23N3. The number of aromatic nitrogens is 2. The molecule has 0 fully saturated rings. The van der Waals surface area contributed by atoms with Gasteiger partial charge in [0.2, 0.25) is 0 Å². The van der Waals surface area contributed by atoms with Crippen LogP contribution in [0.4, 0.5) is 0 Å². The molecule has 3 nitrogen and oxygen atoms in total. The molecule has 0 saturated carbocycles. The molecule has 19 heavy (non-hydrogen) atoms. The number of aryl methyl sites for hydroxylation is 3. The first kappa shape index (κ1) is 13.8. The smallest absolute Gasteiger partial charge is 0.0492 e. The predicted octanol–water partition coefficient (Wildman–Crippen LogP) is 2.49. The third-order valence-electron chi connectivity index (χ3n) is 3.68. The molecule has 0 aliphatic heterocycles. The summed E-state index contributed by atoms with van der Waals surface area (Å²) in [5.41, 5.74) is 4.01. The van der Waals surface area contributed by atoms with E-state index in [1.165, 1.54) is 16.8 Å². The van der Waals surface area contributed by atoms with E-state index < -0.39 is 0 Å². The highest BCUT2D eigenvalue weighted by Gasteiger charge is 2.09. The van der Waals surface area contributed by atoms with Crippen molar-refractivity contribution in [3.63, 3.8) is 0 Å². The third kappa shape index (κ3) is 3.93. The average molecular weight is 257 g/mol. The van der Waals surface area contributed by atoms with Crippen LogP contribution in [0.15, 0.2) is 36.5 Å². The molecule has 0 amide bonds. The Morgan fingerprint density at radius 1 is 1.21 bits per heavy atom. The van der Waals surface area contributed by atoms with Gasteiger partial charge < -0.3 is 5.32 Å². The standard InChI is InChI=1S/C16H23N3/c1-13-4-6-14(7-5-13)12-15(17-2)8-9-16-10-11-18-19(16)3/h4-7,10-11,15,17H,8-9,12H2,1-3H3. The first-order chi connectivity index (χ1) is 9.19. The molecule has 0 radical (unpaired) electrons. The number of nitrogens with zero attached hydrogens (tertiary/aromatic N) is 2. The van der Waals surface area contributed by atoms with Gasteiger partial charge in [-0.05, 0) is 44.9 Å². The van der Waals surface area contributed by atoms with Gasteiger partial charge in [-0.25, -0.2) is 0 Å². The van der Waals surface area contributed by atoms with Crippen molar-refractivity contribution in [1.82, 2.24) is 15.1 Å². The predicted molar refractivity (Wildman–Crippen MR) is 79.3 cm³/mol. The maximum absolute atomic E-state index is 4.21. The SMILES string of the molecule is CNC(CCc1ccnn1C)Cc1ccc(C)cc1. The van der Waals surface area contributed by atoms with Crippen LogP contribution in [-0.4, -0.2) is 22.9 Å². The van der Waals surface area contributed by atoms with Crippen molar-refractivity contribution in [3.8, 4) is 0 Å². The maximum atomic E-state index is 4.21. The topological polar surface area (TPSA) is 29.9 Å². The van der Waals surface area contributed by atoms with Crippen LogP contribution in [0.2, 0.25) is 0 Å². The van der Waals surface area contributed by atoms with Crippen LogP contribution in [0.25, 0.3) is 0 Å². The monoisotopic (exact) mass is 257 g/mol. The van der Waals surface area contributed by atoms with E-state index in [1.54, 1.807) is 0 Å². The van der Waals surface area contributed by atoms with Gasteiger partial charge >= 0.3 is 0 Å². The van der Waals surface area contributed by atoms with Crippen molar-refractivity contribution in [3.05, 3.63) is 53.3 Å². The molecule has 1 atom stereocenters. The zero-order valence-electron chi connectivity index (χ0n) is 12.1. The van der Waals surface area contributed by atoms with Gasteiger partial charge in [0.1, 0.15) is 0 Å². The zero-order valence-corrected chi connectivity index (χ0v) is 12.1. The van der Waals surface area contributed by atoms with E-state index in [-0.39, 0.29) is 0 Å². The average Bonchev–Trinajstić information content (AvgIpc) is 2.82. The molecule has 1 aromatic heterocycles. The van der Waals surface area contributed by atoms with E-state index in [0.29, 0.717) is 6.04 Å². The van der Waals surface area contributed by atoms with Crippen molar-refractivity contribution < 1.29 is 0 Å². The normalized spacial score (nSPS) is 12.6. The summed E-state index contributed by atoms with van der Waals surface area (Å²) in [6.45, 7) is 2.13. The maximum Gasteiger partial charge on any atom is 0.0492 e. The van der Waals surface area contributed by atoms with Gasteiger partial charge in [0, 0.05) is 25.0 Å². The Balaban J connectivity index is 1.90. The van der Waals surface area contributed by atoms with Crippen LogP contribution in [0.5, 0.6) is 0 Å². The van der Waals surface area contributed by atoms with E-state index >= 15 is 0 Å². The molecule has 0 spiro atoms. The van der Waals surface area contributed by atoms with Crippen LogP contribution in [0.3, 0.4) is 0 Å².